The topological polar surface area (TPSA) is 24.4 Å². The third-order valence-electron chi connectivity index (χ3n) is 2.43. The lowest BCUT2D eigenvalue weighted by atomic mass is 10.3. The zero-order valence-corrected chi connectivity index (χ0v) is 11.1. The fourth-order valence-electron chi connectivity index (χ4n) is 1.59. The maximum Gasteiger partial charge on any atom is 0.243 e. The molecule has 0 saturated heterocycles. The van der Waals surface area contributed by atoms with E-state index in [-0.39, 0.29) is 0 Å². The Balaban J connectivity index is 2.08. The van der Waals surface area contributed by atoms with Crippen molar-refractivity contribution in [3.05, 3.63) is 31.0 Å². The molecule has 0 atom stereocenters. The summed E-state index contributed by atoms with van der Waals surface area (Å²) >= 11 is 0. The number of aromatic nitrogens is 2. The number of nitrogens with zero attached hydrogens (tertiary/aromatic N) is 4. The molecule has 0 unspecified atom stereocenters. The molecule has 0 aliphatic rings. The van der Waals surface area contributed by atoms with Gasteiger partial charge in [-0.3, -0.25) is 4.99 Å². The minimum absolute atomic E-state index is 0.898. The normalized spacial score (nSPS) is 11.7. The van der Waals surface area contributed by atoms with Crippen LogP contribution in [0.25, 0.3) is 0 Å². The van der Waals surface area contributed by atoms with Gasteiger partial charge in [-0.05, 0) is 19.8 Å². The molecule has 0 bridgehead atoms. The molecule has 94 valence electrons. The average Bonchev–Trinajstić information content (AvgIpc) is 2.70. The van der Waals surface area contributed by atoms with Crippen LogP contribution in [0.5, 0.6) is 0 Å². The van der Waals surface area contributed by atoms with E-state index in [4.69, 9.17) is 0 Å². The number of hydrogen-bond acceptors (Lipinski definition) is 1. The van der Waals surface area contributed by atoms with Gasteiger partial charge in [0, 0.05) is 19.8 Å². The SMILES string of the molecule is C/C=C\N(C)C=NCCCCn1cc[n+](C)c1. The maximum atomic E-state index is 4.36. The van der Waals surface area contributed by atoms with Crippen LogP contribution >= 0.6 is 0 Å². The minimum Gasteiger partial charge on any atom is -0.343 e. The van der Waals surface area contributed by atoms with Crippen LogP contribution in [0.1, 0.15) is 19.8 Å². The Morgan fingerprint density at radius 1 is 1.41 bits per heavy atom. The minimum atomic E-state index is 0.898. The summed E-state index contributed by atoms with van der Waals surface area (Å²) in [5, 5.41) is 0. The van der Waals surface area contributed by atoms with E-state index in [2.05, 4.69) is 32.8 Å². The fraction of sp³-hybridized carbons (Fsp3) is 0.538. The van der Waals surface area contributed by atoms with E-state index in [1.54, 1.807) is 0 Å². The van der Waals surface area contributed by atoms with Crippen LogP contribution in [0.15, 0.2) is 36.0 Å². The van der Waals surface area contributed by atoms with Crippen LogP contribution in [-0.4, -0.2) is 29.4 Å². The van der Waals surface area contributed by atoms with E-state index in [0.29, 0.717) is 0 Å². The Morgan fingerprint density at radius 3 is 2.88 bits per heavy atom. The van der Waals surface area contributed by atoms with Gasteiger partial charge in [0.1, 0.15) is 12.4 Å². The lowest BCUT2D eigenvalue weighted by molar-refractivity contribution is -0.671. The first-order valence-corrected chi connectivity index (χ1v) is 6.08. The van der Waals surface area contributed by atoms with Crippen LogP contribution < -0.4 is 4.57 Å². The van der Waals surface area contributed by atoms with Gasteiger partial charge >= 0.3 is 0 Å². The molecule has 1 aromatic heterocycles. The van der Waals surface area contributed by atoms with Gasteiger partial charge in [-0.1, -0.05) is 6.08 Å². The van der Waals surface area contributed by atoms with Crippen molar-refractivity contribution in [3.63, 3.8) is 0 Å². The zero-order chi connectivity index (χ0) is 12.5. The molecule has 1 aromatic rings. The second-order valence-corrected chi connectivity index (χ2v) is 4.19. The van der Waals surface area contributed by atoms with Gasteiger partial charge in [-0.15, -0.1) is 0 Å². The van der Waals surface area contributed by atoms with Crippen molar-refractivity contribution in [1.82, 2.24) is 9.47 Å². The fourth-order valence-corrected chi connectivity index (χ4v) is 1.59. The first-order valence-electron chi connectivity index (χ1n) is 6.08. The zero-order valence-electron chi connectivity index (χ0n) is 11.1. The number of hydrogen-bond donors (Lipinski definition) is 0. The number of aliphatic imine (C=N–C) groups is 1. The van der Waals surface area contributed by atoms with E-state index in [9.17, 15) is 0 Å². The van der Waals surface area contributed by atoms with Gasteiger partial charge in [0.2, 0.25) is 6.33 Å². The molecular formula is C13H23N4+. The van der Waals surface area contributed by atoms with Gasteiger partial charge in [-0.2, -0.15) is 0 Å². The largest absolute Gasteiger partial charge is 0.343 e. The van der Waals surface area contributed by atoms with Crippen molar-refractivity contribution in [1.29, 1.82) is 0 Å². The van der Waals surface area contributed by atoms with Crippen LogP contribution in [0.4, 0.5) is 0 Å². The van der Waals surface area contributed by atoms with Gasteiger partial charge < -0.3 is 4.90 Å². The van der Waals surface area contributed by atoms with E-state index in [1.165, 1.54) is 6.42 Å². The Hall–Kier alpha value is -1.58. The predicted octanol–water partition coefficient (Wildman–Crippen LogP) is 1.59. The number of rotatable bonds is 7. The predicted molar refractivity (Wildman–Crippen MR) is 70.8 cm³/mol. The van der Waals surface area contributed by atoms with Crippen LogP contribution in [0.2, 0.25) is 0 Å². The molecular weight excluding hydrogens is 212 g/mol. The monoisotopic (exact) mass is 235 g/mol. The van der Waals surface area contributed by atoms with E-state index >= 15 is 0 Å². The Labute approximate surface area is 104 Å². The Morgan fingerprint density at radius 2 is 2.24 bits per heavy atom. The molecule has 0 aliphatic heterocycles. The second-order valence-electron chi connectivity index (χ2n) is 4.19. The number of allylic oxidation sites excluding steroid dienone is 1. The highest BCUT2D eigenvalue weighted by Gasteiger charge is 1.98. The van der Waals surface area contributed by atoms with E-state index < -0.39 is 0 Å². The summed E-state index contributed by atoms with van der Waals surface area (Å²) in [6.07, 6.45) is 14.4. The van der Waals surface area contributed by atoms with Crippen LogP contribution in [-0.2, 0) is 13.6 Å². The molecule has 0 N–H and O–H groups in total. The lowest BCUT2D eigenvalue weighted by Crippen LogP contribution is -2.23. The first kappa shape index (κ1) is 13.5. The first-order chi connectivity index (χ1) is 8.22. The highest BCUT2D eigenvalue weighted by Crippen LogP contribution is 1.94. The van der Waals surface area contributed by atoms with Gasteiger partial charge in [0.15, 0.2) is 0 Å². The van der Waals surface area contributed by atoms with Crippen LogP contribution in [0, 0.1) is 0 Å². The summed E-state index contributed by atoms with van der Waals surface area (Å²) in [7, 11) is 4.03. The summed E-state index contributed by atoms with van der Waals surface area (Å²) in [5.41, 5.74) is 0. The van der Waals surface area contributed by atoms with Gasteiger partial charge in [0.25, 0.3) is 0 Å². The number of aryl methyl sites for hydroxylation is 2. The van der Waals surface area contributed by atoms with E-state index in [0.717, 1.165) is 19.5 Å². The van der Waals surface area contributed by atoms with Crippen molar-refractivity contribution in [3.8, 4) is 0 Å². The van der Waals surface area contributed by atoms with Gasteiger partial charge in [0.05, 0.1) is 19.9 Å². The third kappa shape index (κ3) is 5.90. The van der Waals surface area contributed by atoms with E-state index in [1.807, 2.05) is 44.5 Å². The lowest BCUT2D eigenvalue weighted by Gasteiger charge is -2.04. The molecule has 0 spiro atoms. The summed E-state index contributed by atoms with van der Waals surface area (Å²) in [6, 6.07) is 0. The average molecular weight is 235 g/mol. The van der Waals surface area contributed by atoms with Crippen molar-refractivity contribution in [2.45, 2.75) is 26.3 Å². The molecule has 4 heteroatoms. The molecule has 0 fully saturated rings. The molecule has 0 aromatic carbocycles. The summed E-state index contributed by atoms with van der Waals surface area (Å²) in [4.78, 5) is 6.33. The second kappa shape index (κ2) is 7.65. The quantitative estimate of drug-likeness (QED) is 0.305. The molecule has 1 rings (SSSR count). The summed E-state index contributed by atoms with van der Waals surface area (Å²) in [5.74, 6) is 0. The number of imidazole rings is 1. The molecule has 0 radical (unpaired) electrons. The van der Waals surface area contributed by atoms with Crippen molar-refractivity contribution >= 4 is 6.34 Å². The molecule has 0 amide bonds. The molecule has 17 heavy (non-hydrogen) atoms. The molecule has 1 heterocycles. The molecule has 4 nitrogen and oxygen atoms in total. The highest BCUT2D eigenvalue weighted by atomic mass is 15.1. The van der Waals surface area contributed by atoms with Crippen molar-refractivity contribution in [2.24, 2.45) is 12.0 Å². The van der Waals surface area contributed by atoms with Gasteiger partial charge in [-0.25, -0.2) is 9.13 Å². The van der Waals surface area contributed by atoms with Crippen molar-refractivity contribution in [2.75, 3.05) is 13.6 Å². The van der Waals surface area contributed by atoms with Crippen molar-refractivity contribution < 1.29 is 4.57 Å². The standard InChI is InChI=1S/C13H23N4/c1-4-8-15(2)12-14-7-5-6-9-17-11-10-16(3)13-17/h4,8,10-13H,5-7,9H2,1-3H3/q+1/b8-4-,14-12?. The maximum absolute atomic E-state index is 4.36. The summed E-state index contributed by atoms with van der Waals surface area (Å²) < 4.78 is 4.26. The summed E-state index contributed by atoms with van der Waals surface area (Å²) in [6.45, 7) is 3.97. The number of unbranched alkanes of at least 4 members (excludes halogenated alkanes) is 1. The Bertz CT molecular complexity index is 365. The Kier molecular flexibility index (Phi) is 6.07. The molecule has 0 aliphatic carbocycles. The smallest absolute Gasteiger partial charge is 0.243 e. The third-order valence-corrected chi connectivity index (χ3v) is 2.43. The molecule has 0 saturated carbocycles. The highest BCUT2D eigenvalue weighted by molar-refractivity contribution is 5.55. The van der Waals surface area contributed by atoms with Crippen LogP contribution in [0.3, 0.4) is 0 Å².